The molecular weight excluding hydrogens is 196 g/mol. The Hall–Kier alpha value is -0.850. The van der Waals surface area contributed by atoms with Crippen molar-refractivity contribution in [1.82, 2.24) is 0 Å². The number of Topliss-reactive ketones (excluding diaryl/α,β-unsaturated/α-hetero) is 1. The van der Waals surface area contributed by atoms with Crippen LogP contribution in [-0.4, -0.2) is 5.78 Å². The molecule has 2 aliphatic carbocycles. The lowest BCUT2D eigenvalue weighted by Crippen LogP contribution is -2.44. The first-order valence-corrected chi connectivity index (χ1v) is 6.30. The van der Waals surface area contributed by atoms with E-state index in [0.717, 1.165) is 24.8 Å². The third-order valence-electron chi connectivity index (χ3n) is 4.58. The Morgan fingerprint density at radius 1 is 1.19 bits per heavy atom. The molecule has 2 aliphatic rings. The second kappa shape index (κ2) is 3.87. The molecule has 2 atom stereocenters. The predicted molar refractivity (Wildman–Crippen MR) is 67.1 cm³/mol. The van der Waals surface area contributed by atoms with Crippen molar-refractivity contribution in [3.63, 3.8) is 0 Å². The number of hydrogen-bond donors (Lipinski definition) is 0. The zero-order chi connectivity index (χ0) is 11.9. The predicted octanol–water partition coefficient (Wildman–Crippen LogP) is 3.90. The van der Waals surface area contributed by atoms with Gasteiger partial charge in [-0.05, 0) is 48.5 Å². The minimum atomic E-state index is 0.250. The summed E-state index contributed by atoms with van der Waals surface area (Å²) in [6.07, 6.45) is 4.74. The van der Waals surface area contributed by atoms with Crippen molar-refractivity contribution in [1.29, 1.82) is 0 Å². The molecular formula is C15H22O. The van der Waals surface area contributed by atoms with Crippen LogP contribution in [-0.2, 0) is 4.79 Å². The van der Waals surface area contributed by atoms with Gasteiger partial charge in [-0.1, -0.05) is 32.6 Å². The molecule has 0 bridgehead atoms. The van der Waals surface area contributed by atoms with Gasteiger partial charge in [0.2, 0.25) is 0 Å². The van der Waals surface area contributed by atoms with Crippen molar-refractivity contribution in [2.24, 2.45) is 17.3 Å². The average molecular weight is 218 g/mol. The van der Waals surface area contributed by atoms with E-state index in [-0.39, 0.29) is 5.78 Å². The quantitative estimate of drug-likeness (QED) is 0.445. The number of allylic oxidation sites excluding steroid dienone is 2. The van der Waals surface area contributed by atoms with Crippen LogP contribution in [0, 0.1) is 17.3 Å². The molecule has 1 nitrogen and oxygen atoms in total. The SMILES string of the molecule is C=C1CCC2C(CC2(C)C)C(=C)CCC1=O. The average Bonchev–Trinajstić information content (AvgIpc) is 2.24. The van der Waals surface area contributed by atoms with Gasteiger partial charge in [-0.15, -0.1) is 0 Å². The van der Waals surface area contributed by atoms with E-state index in [2.05, 4.69) is 27.0 Å². The lowest BCUT2D eigenvalue weighted by molar-refractivity contribution is -0.115. The van der Waals surface area contributed by atoms with E-state index >= 15 is 0 Å². The molecule has 1 heteroatoms. The summed E-state index contributed by atoms with van der Waals surface area (Å²) in [6, 6.07) is 0. The molecule has 88 valence electrons. The minimum absolute atomic E-state index is 0.250. The molecule has 0 amide bonds. The number of hydrogen-bond acceptors (Lipinski definition) is 1. The zero-order valence-electron chi connectivity index (χ0n) is 10.5. The van der Waals surface area contributed by atoms with E-state index < -0.39 is 0 Å². The van der Waals surface area contributed by atoms with Crippen molar-refractivity contribution in [2.45, 2.75) is 46.0 Å². The van der Waals surface area contributed by atoms with Crippen LogP contribution in [0.4, 0.5) is 0 Å². The first kappa shape index (κ1) is 11.6. The van der Waals surface area contributed by atoms with Gasteiger partial charge >= 0.3 is 0 Å². The second-order valence-electron chi connectivity index (χ2n) is 6.13. The first-order chi connectivity index (χ1) is 7.42. The standard InChI is InChI=1S/C15H22O/c1-10-6-8-14(16)11(2)5-7-13-12(10)9-15(13,3)4/h12-13H,1-2,5-9H2,3-4H3. The van der Waals surface area contributed by atoms with Crippen molar-refractivity contribution >= 4 is 5.78 Å². The van der Waals surface area contributed by atoms with Crippen LogP contribution in [0.2, 0.25) is 0 Å². The molecule has 0 saturated heterocycles. The molecule has 0 aliphatic heterocycles. The van der Waals surface area contributed by atoms with E-state index in [0.29, 0.717) is 23.7 Å². The van der Waals surface area contributed by atoms with E-state index in [9.17, 15) is 4.79 Å². The Morgan fingerprint density at radius 3 is 2.50 bits per heavy atom. The van der Waals surface area contributed by atoms with Crippen LogP contribution in [0.1, 0.15) is 46.0 Å². The Bertz CT molecular complexity index is 348. The van der Waals surface area contributed by atoms with Crippen molar-refractivity contribution in [3.05, 3.63) is 24.3 Å². The molecule has 0 heterocycles. The Kier molecular flexibility index (Phi) is 2.81. The van der Waals surface area contributed by atoms with Gasteiger partial charge in [0.15, 0.2) is 5.78 Å². The highest BCUT2D eigenvalue weighted by atomic mass is 16.1. The maximum atomic E-state index is 11.7. The van der Waals surface area contributed by atoms with Gasteiger partial charge in [-0.25, -0.2) is 0 Å². The molecule has 0 aromatic rings. The number of ketones is 1. The Balaban J connectivity index is 2.15. The highest BCUT2D eigenvalue weighted by molar-refractivity contribution is 5.94. The summed E-state index contributed by atoms with van der Waals surface area (Å²) in [6.45, 7) is 12.8. The van der Waals surface area contributed by atoms with E-state index in [1.54, 1.807) is 0 Å². The molecule has 2 saturated carbocycles. The Labute approximate surface area is 98.6 Å². The topological polar surface area (TPSA) is 17.1 Å². The second-order valence-corrected chi connectivity index (χ2v) is 6.13. The number of carbonyl (C=O) groups excluding carboxylic acids is 1. The van der Waals surface area contributed by atoms with Crippen LogP contribution in [0.3, 0.4) is 0 Å². The normalized spacial score (nSPS) is 34.5. The van der Waals surface area contributed by atoms with E-state index in [1.165, 1.54) is 12.0 Å². The number of rotatable bonds is 0. The Morgan fingerprint density at radius 2 is 1.88 bits per heavy atom. The molecule has 2 unspecified atom stereocenters. The van der Waals surface area contributed by atoms with E-state index in [1.807, 2.05) is 0 Å². The smallest absolute Gasteiger partial charge is 0.158 e. The monoisotopic (exact) mass is 218 g/mol. The van der Waals surface area contributed by atoms with Crippen molar-refractivity contribution in [3.8, 4) is 0 Å². The summed E-state index contributed by atoms with van der Waals surface area (Å²) in [5, 5.41) is 0. The van der Waals surface area contributed by atoms with Crippen LogP contribution in [0.15, 0.2) is 24.3 Å². The van der Waals surface area contributed by atoms with Crippen LogP contribution in [0.5, 0.6) is 0 Å². The van der Waals surface area contributed by atoms with Gasteiger partial charge in [-0.2, -0.15) is 0 Å². The van der Waals surface area contributed by atoms with Crippen LogP contribution < -0.4 is 0 Å². The van der Waals surface area contributed by atoms with Gasteiger partial charge < -0.3 is 0 Å². The highest BCUT2D eigenvalue weighted by Gasteiger charge is 2.47. The fraction of sp³-hybridized carbons (Fsp3) is 0.667. The molecule has 0 radical (unpaired) electrons. The largest absolute Gasteiger partial charge is 0.295 e. The van der Waals surface area contributed by atoms with Crippen LogP contribution in [0.25, 0.3) is 0 Å². The molecule has 0 aromatic carbocycles. The first-order valence-electron chi connectivity index (χ1n) is 6.30. The van der Waals surface area contributed by atoms with Gasteiger partial charge in [0.1, 0.15) is 0 Å². The minimum Gasteiger partial charge on any atom is -0.295 e. The van der Waals surface area contributed by atoms with Gasteiger partial charge in [-0.3, -0.25) is 4.79 Å². The third kappa shape index (κ3) is 1.88. The molecule has 16 heavy (non-hydrogen) atoms. The zero-order valence-corrected chi connectivity index (χ0v) is 10.5. The molecule has 2 rings (SSSR count). The molecule has 0 N–H and O–H groups in total. The fourth-order valence-electron chi connectivity index (χ4n) is 3.37. The molecule has 2 fully saturated rings. The lowest BCUT2D eigenvalue weighted by atomic mass is 9.52. The van der Waals surface area contributed by atoms with Crippen LogP contribution >= 0.6 is 0 Å². The third-order valence-corrected chi connectivity index (χ3v) is 4.58. The maximum Gasteiger partial charge on any atom is 0.158 e. The molecule has 0 aromatic heterocycles. The summed E-state index contributed by atoms with van der Waals surface area (Å²) in [7, 11) is 0. The summed E-state index contributed by atoms with van der Waals surface area (Å²) < 4.78 is 0. The summed E-state index contributed by atoms with van der Waals surface area (Å²) in [5.41, 5.74) is 2.56. The van der Waals surface area contributed by atoms with Gasteiger partial charge in [0, 0.05) is 6.42 Å². The summed E-state index contributed by atoms with van der Waals surface area (Å²) in [5.74, 6) is 1.62. The van der Waals surface area contributed by atoms with Gasteiger partial charge in [0.25, 0.3) is 0 Å². The fourth-order valence-corrected chi connectivity index (χ4v) is 3.37. The summed E-state index contributed by atoms with van der Waals surface area (Å²) in [4.78, 5) is 11.7. The number of fused-ring (bicyclic) bond motifs is 1. The summed E-state index contributed by atoms with van der Waals surface area (Å²) >= 11 is 0. The van der Waals surface area contributed by atoms with E-state index in [4.69, 9.17) is 0 Å². The lowest BCUT2D eigenvalue weighted by Gasteiger charge is -2.53. The van der Waals surface area contributed by atoms with Crippen molar-refractivity contribution in [2.75, 3.05) is 0 Å². The number of carbonyl (C=O) groups is 1. The van der Waals surface area contributed by atoms with Gasteiger partial charge in [0.05, 0.1) is 0 Å². The maximum absolute atomic E-state index is 11.7. The molecule has 0 spiro atoms. The highest BCUT2D eigenvalue weighted by Crippen LogP contribution is 2.56. The van der Waals surface area contributed by atoms with Crippen molar-refractivity contribution < 1.29 is 4.79 Å².